The van der Waals surface area contributed by atoms with Crippen molar-refractivity contribution in [3.63, 3.8) is 0 Å². The number of hydrogen-bond donors (Lipinski definition) is 1. The van der Waals surface area contributed by atoms with Gasteiger partial charge in [-0.25, -0.2) is 0 Å². The van der Waals surface area contributed by atoms with Gasteiger partial charge >= 0.3 is 0 Å². The van der Waals surface area contributed by atoms with Crippen molar-refractivity contribution < 1.29 is 4.79 Å². The first kappa shape index (κ1) is 14.7. The lowest BCUT2D eigenvalue weighted by atomic mass is 9.82. The summed E-state index contributed by atoms with van der Waals surface area (Å²) in [6.07, 6.45) is 0. The molecule has 0 aliphatic heterocycles. The van der Waals surface area contributed by atoms with Gasteiger partial charge in [-0.2, -0.15) is 0 Å². The van der Waals surface area contributed by atoms with E-state index in [0.29, 0.717) is 23.3 Å². The van der Waals surface area contributed by atoms with Crippen molar-refractivity contribution in [3.8, 4) is 0 Å². The molecular weight excluding hydrogens is 222 g/mol. The third kappa shape index (κ3) is 2.92. The molecule has 1 aromatic rings. The molecule has 1 aromatic carbocycles. The van der Waals surface area contributed by atoms with Gasteiger partial charge in [0.1, 0.15) is 0 Å². The molecule has 0 aliphatic carbocycles. The van der Waals surface area contributed by atoms with Crippen LogP contribution in [-0.4, -0.2) is 5.91 Å². The van der Waals surface area contributed by atoms with Gasteiger partial charge in [-0.3, -0.25) is 4.79 Å². The van der Waals surface area contributed by atoms with Crippen LogP contribution in [0.25, 0.3) is 0 Å². The van der Waals surface area contributed by atoms with E-state index in [4.69, 9.17) is 5.73 Å². The number of hydrogen-bond acceptors (Lipinski definition) is 1. The smallest absolute Gasteiger partial charge is 0.248 e. The van der Waals surface area contributed by atoms with E-state index in [1.54, 1.807) is 0 Å². The largest absolute Gasteiger partial charge is 0.366 e. The number of carbonyl (C=O) groups excluding carboxylic acids is 1. The number of rotatable bonds is 4. The lowest BCUT2D eigenvalue weighted by molar-refractivity contribution is 0.1000. The Labute approximate surface area is 111 Å². The van der Waals surface area contributed by atoms with Gasteiger partial charge in [0.05, 0.1) is 0 Å². The molecule has 0 atom stereocenters. The Hall–Kier alpha value is -1.31. The monoisotopic (exact) mass is 247 g/mol. The van der Waals surface area contributed by atoms with Crippen LogP contribution in [0.4, 0.5) is 0 Å². The first-order valence-corrected chi connectivity index (χ1v) is 6.73. The molecule has 1 amide bonds. The maximum absolute atomic E-state index is 11.5. The van der Waals surface area contributed by atoms with Crippen LogP contribution >= 0.6 is 0 Å². The second-order valence-electron chi connectivity index (χ2n) is 5.90. The van der Waals surface area contributed by atoms with Gasteiger partial charge in [-0.15, -0.1) is 0 Å². The number of nitrogens with two attached hydrogens (primary N) is 1. The summed E-state index contributed by atoms with van der Waals surface area (Å²) in [6, 6.07) is 3.93. The summed E-state index contributed by atoms with van der Waals surface area (Å²) in [7, 11) is 0. The molecular formula is C16H25NO. The van der Waals surface area contributed by atoms with E-state index in [1.807, 2.05) is 12.1 Å². The molecule has 0 aliphatic rings. The predicted molar refractivity (Wildman–Crippen MR) is 77.2 cm³/mol. The second kappa shape index (κ2) is 5.55. The summed E-state index contributed by atoms with van der Waals surface area (Å²) in [5.41, 5.74) is 9.96. The van der Waals surface area contributed by atoms with Crippen molar-refractivity contribution in [1.29, 1.82) is 0 Å². The normalized spacial score (nSPS) is 11.6. The summed E-state index contributed by atoms with van der Waals surface area (Å²) >= 11 is 0. The highest BCUT2D eigenvalue weighted by molar-refractivity contribution is 5.93. The van der Waals surface area contributed by atoms with E-state index in [2.05, 4.69) is 41.5 Å². The molecule has 0 radical (unpaired) electrons. The number of carbonyl (C=O) groups is 1. The van der Waals surface area contributed by atoms with Crippen LogP contribution in [-0.2, 0) is 0 Å². The number of amides is 1. The number of benzene rings is 1. The zero-order valence-electron chi connectivity index (χ0n) is 12.4. The second-order valence-corrected chi connectivity index (χ2v) is 5.90. The zero-order chi connectivity index (χ0) is 14.0. The molecule has 0 bridgehead atoms. The molecule has 100 valence electrons. The van der Waals surface area contributed by atoms with Gasteiger partial charge in [0.2, 0.25) is 5.91 Å². The van der Waals surface area contributed by atoms with Gasteiger partial charge in [0, 0.05) is 5.56 Å². The van der Waals surface area contributed by atoms with Crippen LogP contribution in [0.15, 0.2) is 12.1 Å². The molecule has 0 fully saturated rings. The maximum Gasteiger partial charge on any atom is 0.248 e. The SMILES string of the molecule is CC(C)c1cc(C(N)=O)cc(C(C)C)c1C(C)C. The third-order valence-electron chi connectivity index (χ3n) is 3.35. The van der Waals surface area contributed by atoms with E-state index in [9.17, 15) is 4.79 Å². The van der Waals surface area contributed by atoms with Crippen molar-refractivity contribution >= 4 is 5.91 Å². The first-order valence-electron chi connectivity index (χ1n) is 6.73. The lowest BCUT2D eigenvalue weighted by Crippen LogP contribution is -2.15. The number of primary amides is 1. The highest BCUT2D eigenvalue weighted by Crippen LogP contribution is 2.34. The first-order chi connectivity index (χ1) is 8.25. The molecule has 0 aromatic heterocycles. The summed E-state index contributed by atoms with van der Waals surface area (Å²) in [5, 5.41) is 0. The van der Waals surface area contributed by atoms with E-state index in [1.165, 1.54) is 16.7 Å². The van der Waals surface area contributed by atoms with Crippen LogP contribution in [0.3, 0.4) is 0 Å². The van der Waals surface area contributed by atoms with E-state index >= 15 is 0 Å². The van der Waals surface area contributed by atoms with Crippen LogP contribution in [0.5, 0.6) is 0 Å². The maximum atomic E-state index is 11.5. The fraction of sp³-hybridized carbons (Fsp3) is 0.562. The van der Waals surface area contributed by atoms with E-state index in [-0.39, 0.29) is 5.91 Å². The van der Waals surface area contributed by atoms with Gasteiger partial charge in [-0.05, 0) is 46.6 Å². The molecule has 0 unspecified atom stereocenters. The molecule has 2 heteroatoms. The fourth-order valence-electron chi connectivity index (χ4n) is 2.46. The van der Waals surface area contributed by atoms with Crippen LogP contribution in [0, 0.1) is 0 Å². The summed E-state index contributed by atoms with van der Waals surface area (Å²) < 4.78 is 0. The van der Waals surface area contributed by atoms with Crippen molar-refractivity contribution in [2.75, 3.05) is 0 Å². The Kier molecular flexibility index (Phi) is 4.55. The van der Waals surface area contributed by atoms with Crippen molar-refractivity contribution in [2.24, 2.45) is 5.73 Å². The molecule has 0 heterocycles. The minimum Gasteiger partial charge on any atom is -0.366 e. The van der Waals surface area contributed by atoms with Crippen LogP contribution in [0.1, 0.15) is 86.3 Å². The average Bonchev–Trinajstić information content (AvgIpc) is 2.26. The van der Waals surface area contributed by atoms with Crippen molar-refractivity contribution in [1.82, 2.24) is 0 Å². The summed E-state index contributed by atoms with van der Waals surface area (Å²) in [4.78, 5) is 11.5. The molecule has 18 heavy (non-hydrogen) atoms. The molecule has 0 saturated heterocycles. The molecule has 0 saturated carbocycles. The third-order valence-corrected chi connectivity index (χ3v) is 3.35. The van der Waals surface area contributed by atoms with Gasteiger partial charge in [0.25, 0.3) is 0 Å². The highest BCUT2D eigenvalue weighted by Gasteiger charge is 2.19. The quantitative estimate of drug-likeness (QED) is 0.853. The van der Waals surface area contributed by atoms with Crippen LogP contribution < -0.4 is 5.73 Å². The Morgan fingerprint density at radius 3 is 1.50 bits per heavy atom. The highest BCUT2D eigenvalue weighted by atomic mass is 16.1. The minimum atomic E-state index is -0.339. The predicted octanol–water partition coefficient (Wildman–Crippen LogP) is 4.16. The van der Waals surface area contributed by atoms with Gasteiger partial charge < -0.3 is 5.73 Å². The molecule has 2 N–H and O–H groups in total. The minimum absolute atomic E-state index is 0.339. The van der Waals surface area contributed by atoms with Crippen molar-refractivity contribution in [3.05, 3.63) is 34.4 Å². The Balaban J connectivity index is 3.60. The van der Waals surface area contributed by atoms with Crippen LogP contribution in [0.2, 0.25) is 0 Å². The molecule has 2 nitrogen and oxygen atoms in total. The topological polar surface area (TPSA) is 43.1 Å². The van der Waals surface area contributed by atoms with E-state index in [0.717, 1.165) is 0 Å². The summed E-state index contributed by atoms with van der Waals surface area (Å²) in [6.45, 7) is 13.1. The molecule has 1 rings (SSSR count). The summed E-state index contributed by atoms with van der Waals surface area (Å²) in [5.74, 6) is 0.925. The molecule has 0 spiro atoms. The fourth-order valence-corrected chi connectivity index (χ4v) is 2.46. The zero-order valence-corrected chi connectivity index (χ0v) is 12.4. The van der Waals surface area contributed by atoms with E-state index < -0.39 is 0 Å². The van der Waals surface area contributed by atoms with Crippen molar-refractivity contribution in [2.45, 2.75) is 59.3 Å². The average molecular weight is 247 g/mol. The lowest BCUT2D eigenvalue weighted by Gasteiger charge is -2.23. The Morgan fingerprint density at radius 1 is 0.889 bits per heavy atom. The Bertz CT molecular complexity index is 415. The van der Waals surface area contributed by atoms with Gasteiger partial charge in [-0.1, -0.05) is 41.5 Å². The van der Waals surface area contributed by atoms with Gasteiger partial charge in [0.15, 0.2) is 0 Å². The Morgan fingerprint density at radius 2 is 1.28 bits per heavy atom. The standard InChI is InChI=1S/C16H25NO/c1-9(2)13-7-12(16(17)18)8-14(10(3)4)15(13)11(5)6/h7-11H,1-6H3,(H2,17,18).